The minimum absolute atomic E-state index is 0.0559. The van der Waals surface area contributed by atoms with Crippen LogP contribution in [-0.4, -0.2) is 28.9 Å². The van der Waals surface area contributed by atoms with Crippen molar-refractivity contribution < 1.29 is 9.90 Å². The minimum Gasteiger partial charge on any atom is -0.508 e. The first kappa shape index (κ1) is 18.0. The molecule has 1 N–H and O–H groups in total. The van der Waals surface area contributed by atoms with Gasteiger partial charge in [0.2, 0.25) is 0 Å². The zero-order valence-corrected chi connectivity index (χ0v) is 16.6. The van der Waals surface area contributed by atoms with E-state index in [4.69, 9.17) is 0 Å². The molecule has 0 radical (unpaired) electrons. The van der Waals surface area contributed by atoms with E-state index in [-0.39, 0.29) is 5.41 Å². The fourth-order valence-corrected chi connectivity index (χ4v) is 6.24. The van der Waals surface area contributed by atoms with Crippen molar-refractivity contribution in [3.05, 3.63) is 28.8 Å². The topological polar surface area (TPSA) is 40.5 Å². The first-order valence-corrected chi connectivity index (χ1v) is 10.6. The van der Waals surface area contributed by atoms with Gasteiger partial charge in [-0.3, -0.25) is 9.69 Å². The maximum Gasteiger partial charge on any atom is 0.139 e. The van der Waals surface area contributed by atoms with Crippen molar-refractivity contribution in [2.24, 2.45) is 17.3 Å². The lowest BCUT2D eigenvalue weighted by molar-refractivity contribution is -0.129. The summed E-state index contributed by atoms with van der Waals surface area (Å²) in [5.74, 6) is 2.78. The van der Waals surface area contributed by atoms with Crippen molar-refractivity contribution >= 4 is 5.78 Å². The molecule has 3 aliphatic rings. The van der Waals surface area contributed by atoms with Gasteiger partial charge < -0.3 is 5.11 Å². The van der Waals surface area contributed by atoms with E-state index >= 15 is 0 Å². The highest BCUT2D eigenvalue weighted by atomic mass is 16.3. The third kappa shape index (κ3) is 2.70. The van der Waals surface area contributed by atoms with E-state index in [9.17, 15) is 9.90 Å². The van der Waals surface area contributed by atoms with E-state index in [1.807, 2.05) is 6.07 Å². The summed E-state index contributed by atoms with van der Waals surface area (Å²) < 4.78 is 0. The van der Waals surface area contributed by atoms with E-state index in [2.05, 4.69) is 31.7 Å². The molecule has 0 spiro atoms. The number of carbonyl (C=O) groups excluding carboxylic acids is 1. The Labute approximate surface area is 157 Å². The van der Waals surface area contributed by atoms with Crippen molar-refractivity contribution in [2.75, 3.05) is 13.1 Å². The Bertz CT molecular complexity index is 708. The van der Waals surface area contributed by atoms with Gasteiger partial charge in [-0.05, 0) is 80.1 Å². The van der Waals surface area contributed by atoms with Gasteiger partial charge in [0.15, 0.2) is 0 Å². The summed E-state index contributed by atoms with van der Waals surface area (Å²) in [6.07, 6.45) is 6.29. The molecule has 0 amide bonds. The molecule has 0 unspecified atom stereocenters. The van der Waals surface area contributed by atoms with E-state index in [1.54, 1.807) is 0 Å². The molecule has 4 rings (SSSR count). The molecule has 26 heavy (non-hydrogen) atoms. The average molecular weight is 356 g/mol. The molecule has 0 aliphatic heterocycles. The molecule has 2 fully saturated rings. The monoisotopic (exact) mass is 355 g/mol. The third-order valence-electron chi connectivity index (χ3n) is 7.92. The Morgan fingerprint density at radius 1 is 1.15 bits per heavy atom. The minimum atomic E-state index is -0.0559. The lowest BCUT2D eigenvalue weighted by Gasteiger charge is -2.48. The van der Waals surface area contributed by atoms with Crippen LogP contribution < -0.4 is 0 Å². The smallest absolute Gasteiger partial charge is 0.139 e. The predicted octanol–water partition coefficient (Wildman–Crippen LogP) is 4.66. The zero-order chi connectivity index (χ0) is 18.5. The number of hydrogen-bond acceptors (Lipinski definition) is 3. The van der Waals surface area contributed by atoms with Crippen molar-refractivity contribution in [3.63, 3.8) is 0 Å². The molecule has 0 heterocycles. The van der Waals surface area contributed by atoms with Crippen LogP contribution in [0.2, 0.25) is 0 Å². The zero-order valence-electron chi connectivity index (χ0n) is 16.6. The number of aromatic hydroxyl groups is 1. The van der Waals surface area contributed by atoms with Gasteiger partial charge >= 0.3 is 0 Å². The summed E-state index contributed by atoms with van der Waals surface area (Å²) in [5.41, 5.74) is 3.84. The van der Waals surface area contributed by atoms with Crippen LogP contribution in [0.3, 0.4) is 0 Å². The maximum atomic E-state index is 12.5. The van der Waals surface area contributed by atoms with E-state index in [0.29, 0.717) is 29.3 Å². The summed E-state index contributed by atoms with van der Waals surface area (Å²) in [6, 6.07) is 4.34. The molecule has 1 aromatic rings. The summed E-state index contributed by atoms with van der Waals surface area (Å²) in [7, 11) is 0. The summed E-state index contributed by atoms with van der Waals surface area (Å²) in [4.78, 5) is 14.9. The second-order valence-corrected chi connectivity index (χ2v) is 8.97. The molecule has 0 saturated heterocycles. The average Bonchev–Trinajstić information content (AvgIpc) is 2.95. The number of carbonyl (C=O) groups is 1. The number of aryl methyl sites for hydroxylation is 1. The van der Waals surface area contributed by atoms with Gasteiger partial charge in [0, 0.05) is 23.9 Å². The molecule has 142 valence electrons. The van der Waals surface area contributed by atoms with Gasteiger partial charge in [0.05, 0.1) is 0 Å². The molecule has 3 nitrogen and oxygen atoms in total. The Balaban J connectivity index is 1.66. The second kappa shape index (κ2) is 6.67. The molecular weight excluding hydrogens is 322 g/mol. The standard InChI is InChI=1S/C23H33NO2/c1-4-24(5-2)14-16-12-19-15(13-21(16)25)6-7-18-17(19)10-11-23(3)20(18)8-9-22(23)26/h12-13,17-18,20,25H,4-11,14H2,1-3H3/t17-,18-,20-,23-/m1/s1. The number of Topliss-reactive ketones (excluding diaryl/α,β-unsaturated/α-hetero) is 1. The highest BCUT2D eigenvalue weighted by Gasteiger charge is 2.54. The number of fused-ring (bicyclic) bond motifs is 5. The van der Waals surface area contributed by atoms with Crippen molar-refractivity contribution in [2.45, 2.75) is 71.8 Å². The van der Waals surface area contributed by atoms with Crippen LogP contribution in [0.1, 0.15) is 75.5 Å². The van der Waals surface area contributed by atoms with Gasteiger partial charge in [-0.2, -0.15) is 0 Å². The summed E-state index contributed by atoms with van der Waals surface area (Å²) in [5, 5.41) is 10.6. The van der Waals surface area contributed by atoms with Crippen molar-refractivity contribution in [1.29, 1.82) is 0 Å². The fraction of sp³-hybridized carbons (Fsp3) is 0.696. The number of phenols is 1. The Hall–Kier alpha value is -1.35. The van der Waals surface area contributed by atoms with E-state index < -0.39 is 0 Å². The van der Waals surface area contributed by atoms with Gasteiger partial charge in [-0.1, -0.05) is 26.8 Å². The lowest BCUT2D eigenvalue weighted by Crippen LogP contribution is -2.42. The SMILES string of the molecule is CCN(CC)Cc1cc2c(cc1O)CC[C@H]1[C@H]3CCC(=O)[C@]3(C)CC[C@@H]21. The predicted molar refractivity (Wildman–Crippen MR) is 104 cm³/mol. The van der Waals surface area contributed by atoms with E-state index in [1.165, 1.54) is 17.5 Å². The quantitative estimate of drug-likeness (QED) is 0.854. The molecular formula is C23H33NO2. The fourth-order valence-electron chi connectivity index (χ4n) is 6.24. The van der Waals surface area contributed by atoms with Crippen LogP contribution in [0, 0.1) is 17.3 Å². The van der Waals surface area contributed by atoms with Crippen LogP contribution in [0.15, 0.2) is 12.1 Å². The third-order valence-corrected chi connectivity index (χ3v) is 7.92. The number of phenolic OH excluding ortho intramolecular Hbond substituents is 1. The second-order valence-electron chi connectivity index (χ2n) is 8.97. The molecule has 3 aliphatic carbocycles. The lowest BCUT2D eigenvalue weighted by atomic mass is 9.55. The Morgan fingerprint density at radius 3 is 2.65 bits per heavy atom. The first-order valence-electron chi connectivity index (χ1n) is 10.6. The largest absolute Gasteiger partial charge is 0.508 e. The number of rotatable bonds is 4. The number of ketones is 1. The van der Waals surface area contributed by atoms with E-state index in [0.717, 1.165) is 57.3 Å². The molecule has 1 aromatic carbocycles. The van der Waals surface area contributed by atoms with Gasteiger partial charge in [0.25, 0.3) is 0 Å². The number of benzene rings is 1. The molecule has 0 bridgehead atoms. The van der Waals surface area contributed by atoms with Crippen LogP contribution >= 0.6 is 0 Å². The normalized spacial score (nSPS) is 33.1. The molecule has 4 atom stereocenters. The Kier molecular flexibility index (Phi) is 4.63. The van der Waals surface area contributed by atoms with Gasteiger partial charge in [-0.15, -0.1) is 0 Å². The van der Waals surface area contributed by atoms with Gasteiger partial charge in [-0.25, -0.2) is 0 Å². The van der Waals surface area contributed by atoms with Crippen LogP contribution in [0.25, 0.3) is 0 Å². The molecule has 3 heteroatoms. The molecule has 2 saturated carbocycles. The van der Waals surface area contributed by atoms with Crippen molar-refractivity contribution in [1.82, 2.24) is 4.90 Å². The summed E-state index contributed by atoms with van der Waals surface area (Å²) >= 11 is 0. The van der Waals surface area contributed by atoms with Crippen LogP contribution in [0.4, 0.5) is 0 Å². The maximum absolute atomic E-state index is 12.5. The molecule has 0 aromatic heterocycles. The van der Waals surface area contributed by atoms with Crippen LogP contribution in [-0.2, 0) is 17.8 Å². The Morgan fingerprint density at radius 2 is 1.92 bits per heavy atom. The summed E-state index contributed by atoms with van der Waals surface area (Å²) in [6.45, 7) is 9.41. The van der Waals surface area contributed by atoms with Crippen LogP contribution in [0.5, 0.6) is 5.75 Å². The highest BCUT2D eigenvalue weighted by molar-refractivity contribution is 5.87. The van der Waals surface area contributed by atoms with Gasteiger partial charge in [0.1, 0.15) is 11.5 Å². The van der Waals surface area contributed by atoms with Crippen molar-refractivity contribution in [3.8, 4) is 5.75 Å². The highest BCUT2D eigenvalue weighted by Crippen LogP contribution is 2.59. The number of nitrogens with zero attached hydrogens (tertiary/aromatic N) is 1. The first-order chi connectivity index (χ1) is 12.5. The number of hydrogen-bond donors (Lipinski definition) is 1.